The third-order valence-electron chi connectivity index (χ3n) is 5.57. The Kier molecular flexibility index (Phi) is 6.51. The van der Waals surface area contributed by atoms with Gasteiger partial charge in [-0.1, -0.05) is 54.6 Å². The van der Waals surface area contributed by atoms with Crippen molar-refractivity contribution in [1.82, 2.24) is 30.0 Å². The van der Waals surface area contributed by atoms with Crippen molar-refractivity contribution in [1.29, 1.82) is 0 Å². The molecule has 0 saturated carbocycles. The molecule has 30 heavy (non-hydrogen) atoms. The Morgan fingerprint density at radius 1 is 1.03 bits per heavy atom. The minimum Gasteiger partial charge on any atom is -0.496 e. The molecule has 0 aliphatic carbocycles. The summed E-state index contributed by atoms with van der Waals surface area (Å²) in [6.45, 7) is 9.23. The van der Waals surface area contributed by atoms with Crippen LogP contribution >= 0.6 is 0 Å². The molecule has 7 nitrogen and oxygen atoms in total. The van der Waals surface area contributed by atoms with Gasteiger partial charge in [-0.05, 0) is 22.1 Å². The maximum Gasteiger partial charge on any atom is 0.173 e. The highest BCUT2D eigenvalue weighted by Crippen LogP contribution is 2.34. The summed E-state index contributed by atoms with van der Waals surface area (Å²) >= 11 is 0. The first-order valence-corrected chi connectivity index (χ1v) is 10.3. The summed E-state index contributed by atoms with van der Waals surface area (Å²) in [5.41, 5.74) is 2.25. The standard InChI is InChI=1S/C23H28N6O/c1-3-13-27-14-16-28(17-15-27)22(20-11-7-8-12-21(20)30-2)23-24-25-26-29(23)18-19-9-5-4-6-10-19/h3-12,22H,1,13-18H2,2H3/t22-/m0/s1. The largest absolute Gasteiger partial charge is 0.496 e. The summed E-state index contributed by atoms with van der Waals surface area (Å²) in [7, 11) is 1.71. The van der Waals surface area contributed by atoms with Gasteiger partial charge in [0.1, 0.15) is 11.8 Å². The molecule has 1 fully saturated rings. The van der Waals surface area contributed by atoms with E-state index in [0.29, 0.717) is 6.54 Å². The second-order valence-electron chi connectivity index (χ2n) is 7.45. The van der Waals surface area contributed by atoms with E-state index in [1.807, 2.05) is 47.2 Å². The lowest BCUT2D eigenvalue weighted by molar-refractivity contribution is 0.111. The monoisotopic (exact) mass is 404 g/mol. The number of tetrazole rings is 1. The third-order valence-corrected chi connectivity index (χ3v) is 5.57. The molecular formula is C23H28N6O. The number of para-hydroxylation sites is 1. The predicted molar refractivity (Wildman–Crippen MR) is 116 cm³/mol. The molecule has 0 amide bonds. The van der Waals surface area contributed by atoms with E-state index >= 15 is 0 Å². The van der Waals surface area contributed by atoms with Crippen molar-refractivity contribution >= 4 is 0 Å². The van der Waals surface area contributed by atoms with Crippen molar-refractivity contribution in [2.75, 3.05) is 39.8 Å². The van der Waals surface area contributed by atoms with E-state index in [0.717, 1.165) is 49.9 Å². The van der Waals surface area contributed by atoms with Gasteiger partial charge in [0.05, 0.1) is 13.7 Å². The average Bonchev–Trinajstić information content (AvgIpc) is 3.24. The van der Waals surface area contributed by atoms with Gasteiger partial charge in [-0.2, -0.15) is 0 Å². The first-order valence-electron chi connectivity index (χ1n) is 10.3. The highest BCUT2D eigenvalue weighted by Gasteiger charge is 2.32. The fourth-order valence-electron chi connectivity index (χ4n) is 4.05. The van der Waals surface area contributed by atoms with Crippen molar-refractivity contribution in [3.63, 3.8) is 0 Å². The molecule has 1 aliphatic heterocycles. The summed E-state index contributed by atoms with van der Waals surface area (Å²) in [6, 6.07) is 18.4. The number of nitrogens with zero attached hydrogens (tertiary/aromatic N) is 6. The maximum absolute atomic E-state index is 5.70. The number of hydrogen-bond acceptors (Lipinski definition) is 6. The van der Waals surface area contributed by atoms with E-state index in [4.69, 9.17) is 4.74 Å². The number of methoxy groups -OCH3 is 1. The van der Waals surface area contributed by atoms with Crippen LogP contribution in [0.4, 0.5) is 0 Å². The van der Waals surface area contributed by atoms with Gasteiger partial charge in [-0.15, -0.1) is 11.7 Å². The van der Waals surface area contributed by atoms with Crippen LogP contribution in [0.5, 0.6) is 5.75 Å². The Bertz CT molecular complexity index is 949. The summed E-state index contributed by atoms with van der Waals surface area (Å²) in [5.74, 6) is 1.69. The van der Waals surface area contributed by atoms with Crippen LogP contribution < -0.4 is 4.74 Å². The molecule has 2 heterocycles. The lowest BCUT2D eigenvalue weighted by atomic mass is 10.0. The van der Waals surface area contributed by atoms with E-state index < -0.39 is 0 Å². The zero-order valence-electron chi connectivity index (χ0n) is 17.4. The van der Waals surface area contributed by atoms with E-state index in [-0.39, 0.29) is 6.04 Å². The van der Waals surface area contributed by atoms with Gasteiger partial charge in [-0.3, -0.25) is 9.80 Å². The fourth-order valence-corrected chi connectivity index (χ4v) is 4.05. The Morgan fingerprint density at radius 3 is 2.50 bits per heavy atom. The topological polar surface area (TPSA) is 59.3 Å². The molecule has 4 rings (SSSR count). The smallest absolute Gasteiger partial charge is 0.173 e. The summed E-state index contributed by atoms with van der Waals surface area (Å²) < 4.78 is 7.61. The minimum absolute atomic E-state index is 0.0780. The first kappa shape index (κ1) is 20.3. The molecule has 0 bridgehead atoms. The highest BCUT2D eigenvalue weighted by atomic mass is 16.5. The average molecular weight is 405 g/mol. The molecule has 3 aromatic rings. The number of piperazine rings is 1. The summed E-state index contributed by atoms with van der Waals surface area (Å²) in [6.07, 6.45) is 1.97. The summed E-state index contributed by atoms with van der Waals surface area (Å²) in [4.78, 5) is 4.86. The van der Waals surface area contributed by atoms with E-state index in [2.05, 4.69) is 50.1 Å². The van der Waals surface area contributed by atoms with Crippen LogP contribution in [0.1, 0.15) is 23.0 Å². The van der Waals surface area contributed by atoms with Crippen molar-refractivity contribution in [3.05, 3.63) is 84.2 Å². The van der Waals surface area contributed by atoms with Crippen LogP contribution in [0.15, 0.2) is 67.3 Å². The third kappa shape index (κ3) is 4.42. The molecule has 0 spiro atoms. The van der Waals surface area contributed by atoms with Crippen LogP contribution in [0, 0.1) is 0 Å². The number of aromatic nitrogens is 4. The maximum atomic E-state index is 5.70. The number of benzene rings is 2. The van der Waals surface area contributed by atoms with E-state index in [1.165, 1.54) is 5.56 Å². The Balaban J connectivity index is 1.68. The molecule has 0 N–H and O–H groups in total. The Morgan fingerprint density at radius 2 is 1.77 bits per heavy atom. The lowest BCUT2D eigenvalue weighted by Gasteiger charge is -2.38. The molecular weight excluding hydrogens is 376 g/mol. The molecule has 0 unspecified atom stereocenters. The first-order chi connectivity index (χ1) is 14.8. The van der Waals surface area contributed by atoms with E-state index in [9.17, 15) is 0 Å². The minimum atomic E-state index is -0.0780. The second-order valence-corrected chi connectivity index (χ2v) is 7.45. The predicted octanol–water partition coefficient (Wildman–Crippen LogP) is 2.62. The normalized spacial score (nSPS) is 16.3. The second kappa shape index (κ2) is 9.65. The van der Waals surface area contributed by atoms with Crippen LogP contribution in [0.2, 0.25) is 0 Å². The summed E-state index contributed by atoms with van der Waals surface area (Å²) in [5, 5.41) is 12.8. The lowest BCUT2D eigenvalue weighted by Crippen LogP contribution is -2.48. The quantitative estimate of drug-likeness (QED) is 0.538. The molecule has 156 valence electrons. The van der Waals surface area contributed by atoms with Gasteiger partial charge in [0.25, 0.3) is 0 Å². The number of ether oxygens (including phenoxy) is 1. The van der Waals surface area contributed by atoms with Crippen LogP contribution in [-0.4, -0.2) is 69.8 Å². The Hall–Kier alpha value is -3.03. The van der Waals surface area contributed by atoms with Crippen LogP contribution in [0.25, 0.3) is 0 Å². The number of rotatable bonds is 8. The molecule has 2 aromatic carbocycles. The van der Waals surface area contributed by atoms with Gasteiger partial charge in [0.2, 0.25) is 0 Å². The zero-order chi connectivity index (χ0) is 20.8. The highest BCUT2D eigenvalue weighted by molar-refractivity contribution is 5.39. The van der Waals surface area contributed by atoms with E-state index in [1.54, 1.807) is 7.11 Å². The Labute approximate surface area is 177 Å². The van der Waals surface area contributed by atoms with Gasteiger partial charge >= 0.3 is 0 Å². The van der Waals surface area contributed by atoms with Gasteiger partial charge in [-0.25, -0.2) is 4.68 Å². The molecule has 1 atom stereocenters. The molecule has 0 radical (unpaired) electrons. The van der Waals surface area contributed by atoms with Crippen molar-refractivity contribution in [3.8, 4) is 5.75 Å². The van der Waals surface area contributed by atoms with Gasteiger partial charge in [0.15, 0.2) is 5.82 Å². The SMILES string of the molecule is C=CCN1CCN([C@@H](c2ccccc2OC)c2nnnn2Cc2ccccc2)CC1. The van der Waals surface area contributed by atoms with Crippen LogP contribution in [-0.2, 0) is 6.54 Å². The van der Waals surface area contributed by atoms with Crippen molar-refractivity contribution in [2.45, 2.75) is 12.6 Å². The van der Waals surface area contributed by atoms with Crippen molar-refractivity contribution in [2.24, 2.45) is 0 Å². The molecule has 1 aliphatic rings. The fraction of sp³-hybridized carbons (Fsp3) is 0.348. The molecule has 1 saturated heterocycles. The molecule has 1 aromatic heterocycles. The van der Waals surface area contributed by atoms with Crippen molar-refractivity contribution < 1.29 is 4.74 Å². The molecule has 7 heteroatoms. The van der Waals surface area contributed by atoms with Crippen LogP contribution in [0.3, 0.4) is 0 Å². The van der Waals surface area contributed by atoms with Gasteiger partial charge < -0.3 is 4.74 Å². The van der Waals surface area contributed by atoms with Gasteiger partial charge in [0, 0.05) is 38.3 Å². The zero-order valence-corrected chi connectivity index (χ0v) is 17.4. The number of hydrogen-bond donors (Lipinski definition) is 0.